The summed E-state index contributed by atoms with van der Waals surface area (Å²) in [4.78, 5) is 4.63. The van der Waals surface area contributed by atoms with Crippen molar-refractivity contribution in [3.05, 3.63) is 0 Å². The molecule has 0 bridgehead atoms. The third-order valence-corrected chi connectivity index (χ3v) is 2.20. The Morgan fingerprint density at radius 1 is 1.38 bits per heavy atom. The topological polar surface area (TPSA) is 6.48 Å². The van der Waals surface area contributed by atoms with Crippen molar-refractivity contribution in [2.24, 2.45) is 0 Å². The van der Waals surface area contributed by atoms with Crippen LogP contribution in [0.25, 0.3) is 0 Å². The molecule has 0 aromatic rings. The quantitative estimate of drug-likeness (QED) is 0.571. The first kappa shape index (κ1) is 12.5. The van der Waals surface area contributed by atoms with Crippen molar-refractivity contribution in [2.75, 3.05) is 33.7 Å². The number of nitrogens with zero attached hydrogens (tertiary/aromatic N) is 2. The molecule has 0 rings (SSSR count). The Bertz CT molecular complexity index is 158. The normalized spacial score (nSPS) is 13.3. The zero-order valence-electron chi connectivity index (χ0n) is 9.38. The Kier molecular flexibility index (Phi) is 6.66. The molecule has 0 heterocycles. The minimum atomic E-state index is 0.591. The Hall–Kier alpha value is -0.520. The van der Waals surface area contributed by atoms with Gasteiger partial charge in [-0.05, 0) is 27.6 Å². The van der Waals surface area contributed by atoms with Gasteiger partial charge >= 0.3 is 0 Å². The van der Waals surface area contributed by atoms with E-state index >= 15 is 0 Å². The summed E-state index contributed by atoms with van der Waals surface area (Å²) in [5, 5.41) is 0. The van der Waals surface area contributed by atoms with Gasteiger partial charge < -0.3 is 4.90 Å². The number of hydrogen-bond acceptors (Lipinski definition) is 2. The summed E-state index contributed by atoms with van der Waals surface area (Å²) in [6.45, 7) is 7.62. The van der Waals surface area contributed by atoms with E-state index < -0.39 is 0 Å². The highest BCUT2D eigenvalue weighted by Gasteiger charge is 2.11. The molecule has 0 N–H and O–H groups in total. The standard InChI is InChI=1S/C11H22N2/c1-6-8-9-13(7-2)11(3)10-12(4)5/h1,11H,7-10H2,2-5H3. The molecule has 0 aliphatic rings. The average molecular weight is 182 g/mol. The van der Waals surface area contributed by atoms with Gasteiger partial charge in [0.15, 0.2) is 0 Å². The second kappa shape index (κ2) is 6.94. The minimum absolute atomic E-state index is 0.591. The summed E-state index contributed by atoms with van der Waals surface area (Å²) in [7, 11) is 4.21. The molecule has 2 nitrogen and oxygen atoms in total. The smallest absolute Gasteiger partial charge is 0.0214 e. The number of hydrogen-bond donors (Lipinski definition) is 0. The molecule has 76 valence electrons. The van der Waals surface area contributed by atoms with Crippen LogP contribution in [0.5, 0.6) is 0 Å². The van der Waals surface area contributed by atoms with Crippen LogP contribution in [-0.2, 0) is 0 Å². The minimum Gasteiger partial charge on any atom is -0.308 e. The summed E-state index contributed by atoms with van der Waals surface area (Å²) in [6, 6.07) is 0.591. The Morgan fingerprint density at radius 2 is 2.00 bits per heavy atom. The molecule has 0 saturated carbocycles. The zero-order chi connectivity index (χ0) is 10.3. The zero-order valence-corrected chi connectivity index (χ0v) is 9.38. The fourth-order valence-electron chi connectivity index (χ4n) is 1.54. The van der Waals surface area contributed by atoms with Crippen LogP contribution in [-0.4, -0.2) is 49.6 Å². The van der Waals surface area contributed by atoms with Crippen LogP contribution in [0.1, 0.15) is 20.3 Å². The Balaban J connectivity index is 3.85. The van der Waals surface area contributed by atoms with Crippen LogP contribution in [0.3, 0.4) is 0 Å². The molecule has 0 amide bonds. The van der Waals surface area contributed by atoms with E-state index in [9.17, 15) is 0 Å². The van der Waals surface area contributed by atoms with Gasteiger partial charge in [-0.3, -0.25) is 4.90 Å². The van der Waals surface area contributed by atoms with Gasteiger partial charge in [0.25, 0.3) is 0 Å². The molecule has 2 heteroatoms. The summed E-state index contributed by atoms with van der Waals surface area (Å²) in [5.74, 6) is 2.69. The van der Waals surface area contributed by atoms with Crippen molar-refractivity contribution in [1.82, 2.24) is 9.80 Å². The van der Waals surface area contributed by atoms with Crippen LogP contribution in [0, 0.1) is 12.3 Å². The predicted octanol–water partition coefficient (Wildman–Crippen LogP) is 1.28. The first-order valence-corrected chi connectivity index (χ1v) is 4.94. The van der Waals surface area contributed by atoms with Gasteiger partial charge in [0.05, 0.1) is 0 Å². The molecule has 13 heavy (non-hydrogen) atoms. The highest BCUT2D eigenvalue weighted by molar-refractivity contribution is 4.85. The van der Waals surface area contributed by atoms with Gasteiger partial charge in [-0.1, -0.05) is 6.92 Å². The van der Waals surface area contributed by atoms with E-state index in [0.29, 0.717) is 6.04 Å². The van der Waals surface area contributed by atoms with Crippen LogP contribution >= 0.6 is 0 Å². The van der Waals surface area contributed by atoms with Crippen molar-refractivity contribution in [3.8, 4) is 12.3 Å². The molecular weight excluding hydrogens is 160 g/mol. The molecule has 1 unspecified atom stereocenters. The van der Waals surface area contributed by atoms with Crippen LogP contribution in [0.15, 0.2) is 0 Å². The van der Waals surface area contributed by atoms with Crippen LogP contribution in [0.4, 0.5) is 0 Å². The lowest BCUT2D eigenvalue weighted by Gasteiger charge is -2.29. The van der Waals surface area contributed by atoms with E-state index in [2.05, 4.69) is 43.7 Å². The highest BCUT2D eigenvalue weighted by Crippen LogP contribution is 2.00. The van der Waals surface area contributed by atoms with Gasteiger partial charge in [0.1, 0.15) is 0 Å². The molecule has 0 saturated heterocycles. The maximum atomic E-state index is 5.25. The van der Waals surface area contributed by atoms with Crippen molar-refractivity contribution < 1.29 is 0 Å². The first-order chi connectivity index (χ1) is 6.11. The summed E-state index contributed by atoms with van der Waals surface area (Å²) in [5.41, 5.74) is 0. The largest absolute Gasteiger partial charge is 0.308 e. The summed E-state index contributed by atoms with van der Waals surface area (Å²) >= 11 is 0. The summed E-state index contributed by atoms with van der Waals surface area (Å²) < 4.78 is 0. The van der Waals surface area contributed by atoms with Crippen LogP contribution in [0.2, 0.25) is 0 Å². The molecule has 1 atom stereocenters. The predicted molar refractivity (Wildman–Crippen MR) is 58.7 cm³/mol. The molecule has 0 radical (unpaired) electrons. The third-order valence-electron chi connectivity index (χ3n) is 2.20. The van der Waals surface area contributed by atoms with Gasteiger partial charge in [-0.25, -0.2) is 0 Å². The SMILES string of the molecule is C#CCCN(CC)C(C)CN(C)C. The molecular formula is C11H22N2. The van der Waals surface area contributed by atoms with Gasteiger partial charge in [0.2, 0.25) is 0 Å². The van der Waals surface area contributed by atoms with E-state index in [0.717, 1.165) is 26.1 Å². The monoisotopic (exact) mass is 182 g/mol. The van der Waals surface area contributed by atoms with Crippen molar-refractivity contribution in [1.29, 1.82) is 0 Å². The second-order valence-corrected chi connectivity index (χ2v) is 3.69. The van der Waals surface area contributed by atoms with E-state index in [1.165, 1.54) is 0 Å². The molecule has 0 aromatic carbocycles. The van der Waals surface area contributed by atoms with E-state index in [4.69, 9.17) is 6.42 Å². The lowest BCUT2D eigenvalue weighted by Crippen LogP contribution is -2.40. The Labute approximate surface area is 82.9 Å². The molecule has 0 spiro atoms. The van der Waals surface area contributed by atoms with Crippen molar-refractivity contribution in [3.63, 3.8) is 0 Å². The van der Waals surface area contributed by atoms with Crippen LogP contribution < -0.4 is 0 Å². The average Bonchev–Trinajstić information content (AvgIpc) is 2.04. The maximum Gasteiger partial charge on any atom is 0.0214 e. The molecule has 0 aliphatic heterocycles. The summed E-state index contributed by atoms with van der Waals surface area (Å²) in [6.07, 6.45) is 6.10. The van der Waals surface area contributed by atoms with E-state index in [1.54, 1.807) is 0 Å². The molecule has 0 aromatic heterocycles. The van der Waals surface area contributed by atoms with Gasteiger partial charge in [-0.2, -0.15) is 0 Å². The van der Waals surface area contributed by atoms with E-state index in [-0.39, 0.29) is 0 Å². The third kappa shape index (κ3) is 5.68. The fourth-order valence-corrected chi connectivity index (χ4v) is 1.54. The first-order valence-electron chi connectivity index (χ1n) is 4.94. The number of likely N-dealkylation sites (N-methyl/N-ethyl adjacent to an activating group) is 2. The van der Waals surface area contributed by atoms with Crippen molar-refractivity contribution in [2.45, 2.75) is 26.3 Å². The second-order valence-electron chi connectivity index (χ2n) is 3.69. The van der Waals surface area contributed by atoms with Crippen molar-refractivity contribution >= 4 is 0 Å². The van der Waals surface area contributed by atoms with Gasteiger partial charge in [-0.15, -0.1) is 12.3 Å². The lowest BCUT2D eigenvalue weighted by molar-refractivity contribution is 0.185. The fraction of sp³-hybridized carbons (Fsp3) is 0.818. The number of rotatable bonds is 6. The van der Waals surface area contributed by atoms with Gasteiger partial charge in [0, 0.05) is 25.6 Å². The highest BCUT2D eigenvalue weighted by atomic mass is 15.2. The van der Waals surface area contributed by atoms with E-state index in [1.807, 2.05) is 0 Å². The number of terminal acetylenes is 1. The molecule has 0 aliphatic carbocycles. The maximum absolute atomic E-state index is 5.25. The molecule has 0 fully saturated rings. The lowest BCUT2D eigenvalue weighted by atomic mass is 10.2. The Morgan fingerprint density at radius 3 is 2.38 bits per heavy atom.